The Bertz CT molecular complexity index is 1190. The maximum Gasteiger partial charge on any atom is 0.243 e. The van der Waals surface area contributed by atoms with Crippen molar-refractivity contribution in [2.75, 3.05) is 18.4 Å². The average molecular weight is 435 g/mol. The minimum Gasteiger partial charge on any atom is -0.457 e. The maximum absolute atomic E-state index is 13.3. The molecule has 1 amide bonds. The number of benzene rings is 3. The van der Waals surface area contributed by atoms with Gasteiger partial charge in [0.15, 0.2) is 0 Å². The molecule has 0 atom stereocenters. The zero-order valence-corrected chi connectivity index (χ0v) is 17.6. The molecule has 3 aromatic rings. The van der Waals surface area contributed by atoms with Crippen LogP contribution in [0.25, 0.3) is 0 Å². The Morgan fingerprint density at radius 3 is 1.97 bits per heavy atom. The van der Waals surface area contributed by atoms with Crippen LogP contribution in [0.5, 0.6) is 11.5 Å². The predicted molar refractivity (Wildman–Crippen MR) is 118 cm³/mol. The normalized spacial score (nSPS) is 16.3. The van der Waals surface area contributed by atoms with Gasteiger partial charge in [-0.15, -0.1) is 0 Å². The highest BCUT2D eigenvalue weighted by molar-refractivity contribution is 7.89. The molecular formula is C24H22N2O4S. The van der Waals surface area contributed by atoms with Gasteiger partial charge in [-0.1, -0.05) is 36.4 Å². The van der Waals surface area contributed by atoms with Crippen molar-refractivity contribution >= 4 is 21.6 Å². The number of hydrogen-bond acceptors (Lipinski definition) is 4. The summed E-state index contributed by atoms with van der Waals surface area (Å²) in [6, 6.07) is 21.4. The topological polar surface area (TPSA) is 75.7 Å². The number of ether oxygens (including phenoxy) is 1. The predicted octanol–water partition coefficient (Wildman–Crippen LogP) is 4.35. The molecule has 2 aliphatic rings. The summed E-state index contributed by atoms with van der Waals surface area (Å²) in [6.45, 7) is 1.12. The molecule has 0 spiro atoms. The molecule has 0 bridgehead atoms. The summed E-state index contributed by atoms with van der Waals surface area (Å²) in [5.74, 6) is 0.606. The van der Waals surface area contributed by atoms with Crippen LogP contribution in [-0.2, 0) is 14.8 Å². The molecule has 2 heterocycles. The number of nitrogens with one attached hydrogen (secondary N) is 1. The fourth-order valence-electron chi connectivity index (χ4n) is 4.19. The lowest BCUT2D eigenvalue weighted by atomic mass is 9.87. The van der Waals surface area contributed by atoms with Crippen molar-refractivity contribution in [1.29, 1.82) is 0 Å². The van der Waals surface area contributed by atoms with Crippen molar-refractivity contribution in [1.82, 2.24) is 4.31 Å². The second-order valence-electron chi connectivity index (χ2n) is 7.74. The third-order valence-electron chi connectivity index (χ3n) is 5.77. The van der Waals surface area contributed by atoms with Crippen LogP contribution >= 0.6 is 0 Å². The van der Waals surface area contributed by atoms with Gasteiger partial charge in [0.05, 0.1) is 10.8 Å². The summed E-state index contributed by atoms with van der Waals surface area (Å²) < 4.78 is 32.9. The highest BCUT2D eigenvalue weighted by atomic mass is 32.2. The van der Waals surface area contributed by atoms with E-state index in [4.69, 9.17) is 4.74 Å². The molecule has 5 rings (SSSR count). The zero-order valence-electron chi connectivity index (χ0n) is 16.8. The van der Waals surface area contributed by atoms with E-state index in [1.807, 2.05) is 48.5 Å². The number of nitrogens with zero attached hydrogens (tertiary/aromatic N) is 1. The molecule has 6 nitrogen and oxygen atoms in total. The molecule has 0 aliphatic carbocycles. The van der Waals surface area contributed by atoms with Crippen LogP contribution in [0.1, 0.15) is 29.9 Å². The Morgan fingerprint density at radius 2 is 1.39 bits per heavy atom. The van der Waals surface area contributed by atoms with Crippen molar-refractivity contribution in [3.05, 3.63) is 83.9 Å². The number of amides is 1. The lowest BCUT2D eigenvalue weighted by Crippen LogP contribution is -2.28. The number of anilines is 1. The van der Waals surface area contributed by atoms with Gasteiger partial charge < -0.3 is 10.1 Å². The summed E-state index contributed by atoms with van der Waals surface area (Å²) in [6.07, 6.45) is 1.78. The number of carbonyl (C=O) groups excluding carboxylic acids is 1. The number of fused-ring (bicyclic) bond motifs is 2. The Labute approximate surface area is 181 Å². The Kier molecular flexibility index (Phi) is 5.00. The Morgan fingerprint density at radius 1 is 0.839 bits per heavy atom. The Hall–Kier alpha value is -3.16. The minimum atomic E-state index is -3.48. The fraction of sp³-hybridized carbons (Fsp3) is 0.208. The summed E-state index contributed by atoms with van der Waals surface area (Å²) >= 11 is 0. The van der Waals surface area contributed by atoms with Gasteiger partial charge in [-0.05, 0) is 49.2 Å². The first-order valence-corrected chi connectivity index (χ1v) is 11.7. The lowest BCUT2D eigenvalue weighted by Gasteiger charge is -2.27. The van der Waals surface area contributed by atoms with E-state index in [0.29, 0.717) is 30.3 Å². The SMILES string of the molecule is O=C(Nc1ccc(S(=O)(=O)N2CCCC2)cc1)C1c2ccccc2Oc2ccccc21. The summed E-state index contributed by atoms with van der Waals surface area (Å²) in [4.78, 5) is 13.5. The van der Waals surface area contributed by atoms with Crippen LogP contribution < -0.4 is 10.1 Å². The average Bonchev–Trinajstić information content (AvgIpc) is 3.34. The van der Waals surface area contributed by atoms with Crippen LogP contribution in [0.4, 0.5) is 5.69 Å². The number of para-hydroxylation sites is 2. The van der Waals surface area contributed by atoms with E-state index in [1.54, 1.807) is 24.3 Å². The Balaban J connectivity index is 1.41. The third kappa shape index (κ3) is 3.60. The van der Waals surface area contributed by atoms with Crippen LogP contribution in [0.3, 0.4) is 0 Å². The number of sulfonamides is 1. The van der Waals surface area contributed by atoms with Crippen molar-refractivity contribution in [2.45, 2.75) is 23.7 Å². The second-order valence-corrected chi connectivity index (χ2v) is 9.67. The molecule has 0 aromatic heterocycles. The molecule has 2 aliphatic heterocycles. The molecular weight excluding hydrogens is 412 g/mol. The van der Waals surface area contributed by atoms with Crippen LogP contribution in [-0.4, -0.2) is 31.7 Å². The molecule has 31 heavy (non-hydrogen) atoms. The molecule has 3 aromatic carbocycles. The van der Waals surface area contributed by atoms with E-state index in [0.717, 1.165) is 24.0 Å². The molecule has 7 heteroatoms. The lowest BCUT2D eigenvalue weighted by molar-refractivity contribution is -0.116. The van der Waals surface area contributed by atoms with E-state index in [1.165, 1.54) is 4.31 Å². The summed E-state index contributed by atoms with van der Waals surface area (Å²) in [5, 5.41) is 2.94. The van der Waals surface area contributed by atoms with Crippen molar-refractivity contribution in [2.24, 2.45) is 0 Å². The smallest absolute Gasteiger partial charge is 0.243 e. The molecule has 0 saturated carbocycles. The monoisotopic (exact) mass is 434 g/mol. The van der Waals surface area contributed by atoms with Gasteiger partial charge >= 0.3 is 0 Å². The molecule has 1 N–H and O–H groups in total. The van der Waals surface area contributed by atoms with Crippen molar-refractivity contribution in [3.8, 4) is 11.5 Å². The third-order valence-corrected chi connectivity index (χ3v) is 7.68. The van der Waals surface area contributed by atoms with Crippen LogP contribution in [0.2, 0.25) is 0 Å². The standard InChI is InChI=1S/C24H22N2O4S/c27-24(23-19-7-1-3-9-21(19)30-22-10-4-2-8-20(22)23)25-17-11-13-18(14-12-17)31(28,29)26-15-5-6-16-26/h1-4,7-14,23H,5-6,15-16H2,(H,25,27). The first-order chi connectivity index (χ1) is 15.0. The van der Waals surface area contributed by atoms with Gasteiger partial charge in [-0.2, -0.15) is 4.31 Å². The van der Waals surface area contributed by atoms with Gasteiger partial charge in [0, 0.05) is 29.9 Å². The van der Waals surface area contributed by atoms with E-state index in [2.05, 4.69) is 5.32 Å². The van der Waals surface area contributed by atoms with E-state index in [9.17, 15) is 13.2 Å². The summed E-state index contributed by atoms with van der Waals surface area (Å²) in [7, 11) is -3.48. The van der Waals surface area contributed by atoms with Gasteiger partial charge in [-0.3, -0.25) is 4.79 Å². The minimum absolute atomic E-state index is 0.196. The van der Waals surface area contributed by atoms with Crippen LogP contribution in [0, 0.1) is 0 Å². The molecule has 0 radical (unpaired) electrons. The fourth-order valence-corrected chi connectivity index (χ4v) is 5.71. The van der Waals surface area contributed by atoms with Gasteiger partial charge in [-0.25, -0.2) is 8.42 Å². The van der Waals surface area contributed by atoms with Gasteiger partial charge in [0.25, 0.3) is 0 Å². The molecule has 1 fully saturated rings. The number of rotatable bonds is 4. The van der Waals surface area contributed by atoms with E-state index in [-0.39, 0.29) is 10.8 Å². The molecule has 1 saturated heterocycles. The number of hydrogen-bond donors (Lipinski definition) is 1. The second kappa shape index (κ2) is 7.83. The molecule has 158 valence electrons. The van der Waals surface area contributed by atoms with Crippen molar-refractivity contribution in [3.63, 3.8) is 0 Å². The van der Waals surface area contributed by atoms with Crippen molar-refractivity contribution < 1.29 is 17.9 Å². The van der Waals surface area contributed by atoms with Gasteiger partial charge in [0.2, 0.25) is 15.9 Å². The number of carbonyl (C=O) groups is 1. The van der Waals surface area contributed by atoms with E-state index < -0.39 is 15.9 Å². The van der Waals surface area contributed by atoms with E-state index >= 15 is 0 Å². The highest BCUT2D eigenvalue weighted by Gasteiger charge is 2.32. The van der Waals surface area contributed by atoms with Gasteiger partial charge in [0.1, 0.15) is 11.5 Å². The first kappa shape index (κ1) is 19.8. The maximum atomic E-state index is 13.3. The quantitative estimate of drug-likeness (QED) is 0.663. The summed E-state index contributed by atoms with van der Waals surface area (Å²) in [5.41, 5.74) is 2.14. The zero-order chi connectivity index (χ0) is 21.4. The highest BCUT2D eigenvalue weighted by Crippen LogP contribution is 2.44. The molecule has 0 unspecified atom stereocenters. The van der Waals surface area contributed by atoms with Crippen LogP contribution in [0.15, 0.2) is 77.7 Å². The largest absolute Gasteiger partial charge is 0.457 e. The first-order valence-electron chi connectivity index (χ1n) is 10.3.